The molecule has 0 aromatic carbocycles. The van der Waals surface area contributed by atoms with Crippen molar-refractivity contribution < 1.29 is 17.2 Å². The number of hydrogen-bond donors (Lipinski definition) is 3. The summed E-state index contributed by atoms with van der Waals surface area (Å²) in [5.41, 5.74) is 0. The predicted molar refractivity (Wildman–Crippen MR) is 48.6 cm³/mol. The van der Waals surface area contributed by atoms with Gasteiger partial charge in [-0.05, 0) is 0 Å². The molecule has 0 aliphatic carbocycles. The van der Waals surface area contributed by atoms with Crippen molar-refractivity contribution in [3.05, 3.63) is 0 Å². The molecule has 6 N–H and O–H groups in total. The second kappa shape index (κ2) is 13.5. The van der Waals surface area contributed by atoms with Crippen molar-refractivity contribution in [3.8, 4) is 0 Å². The molecule has 5 nitrogen and oxygen atoms in total. The average Bonchev–Trinajstić information content (AvgIpc) is 1.65. The summed E-state index contributed by atoms with van der Waals surface area (Å²) in [6.45, 7) is 1.17. The van der Waals surface area contributed by atoms with Crippen LogP contribution in [0.4, 0.5) is 0 Å². The summed E-state index contributed by atoms with van der Waals surface area (Å²) in [5, 5.41) is 0. The van der Waals surface area contributed by atoms with Crippen LogP contribution in [0.2, 0.25) is 0 Å². The Balaban J connectivity index is -0.0000000245. The molecule has 7 heteroatoms. The van der Waals surface area contributed by atoms with Crippen LogP contribution in [0.5, 0.6) is 0 Å². The van der Waals surface area contributed by atoms with E-state index < -0.39 is 11.9 Å². The number of carbonyl (C=O) groups excluding carboxylic acids is 2. The maximum absolute atomic E-state index is 10.1. The van der Waals surface area contributed by atoms with E-state index in [4.69, 9.17) is 0 Å². The van der Waals surface area contributed by atoms with Gasteiger partial charge in [-0.3, -0.25) is 9.59 Å². The smallest absolute Gasteiger partial charge is 1.00 e. The number of rotatable bonds is 1. The number of thiol groups is 1. The fraction of sp³-hybridized carbons (Fsp3) is 0.500. The molecule has 0 spiro atoms. The third-order valence-corrected chi connectivity index (χ3v) is 0.645. The van der Waals surface area contributed by atoms with E-state index >= 15 is 0 Å². The van der Waals surface area contributed by atoms with Crippen molar-refractivity contribution >= 4 is 70.0 Å². The molecule has 66 valence electrons. The standard InChI is InChI=1S/C4H6O3S.2H3N.Sr.2H/c1-3(5)7-4(6)2-8;;;;;/h8H,2H2,1H3;2*1H3;;;/q;;;+2;2*-1. The van der Waals surface area contributed by atoms with Gasteiger partial charge in [0.25, 0.3) is 0 Å². The van der Waals surface area contributed by atoms with E-state index in [2.05, 4.69) is 17.4 Å². The second-order valence-corrected chi connectivity index (χ2v) is 1.44. The molecule has 0 aliphatic heterocycles. The summed E-state index contributed by atoms with van der Waals surface area (Å²) in [7, 11) is 0. The zero-order valence-corrected chi connectivity index (χ0v) is 10.9. The molecule has 0 fully saturated rings. The molecule has 0 saturated carbocycles. The van der Waals surface area contributed by atoms with E-state index in [1.165, 1.54) is 6.92 Å². The summed E-state index contributed by atoms with van der Waals surface area (Å²) >= 11 is 3.56. The summed E-state index contributed by atoms with van der Waals surface area (Å²) in [6.07, 6.45) is 0. The first-order chi connectivity index (χ1) is 3.66. The van der Waals surface area contributed by atoms with E-state index in [1.807, 2.05) is 0 Å². The molecule has 0 bridgehead atoms. The molecule has 0 atom stereocenters. The Labute approximate surface area is 111 Å². The van der Waals surface area contributed by atoms with E-state index in [1.54, 1.807) is 0 Å². The van der Waals surface area contributed by atoms with Gasteiger partial charge in [-0.1, -0.05) is 0 Å². The minimum Gasteiger partial charge on any atom is -1.00 e. The average molecular weight is 258 g/mol. The van der Waals surface area contributed by atoms with Crippen LogP contribution < -0.4 is 12.3 Å². The Bertz CT molecular complexity index is 130. The van der Waals surface area contributed by atoms with Crippen LogP contribution in [-0.4, -0.2) is 63.2 Å². The van der Waals surface area contributed by atoms with Gasteiger partial charge in [0.15, 0.2) is 0 Å². The normalized spacial score (nSPS) is 6.00. The molecular weight excluding hydrogens is 244 g/mol. The van der Waals surface area contributed by atoms with Gasteiger partial charge in [-0.15, -0.1) is 0 Å². The first-order valence-corrected chi connectivity index (χ1v) is 2.62. The Hall–Kier alpha value is 0.891. The SMILES string of the molecule is CC(=O)OC(=O)CS.N.N.[H-].[H-].[Sr+2]. The monoisotopic (exact) mass is 258 g/mol. The van der Waals surface area contributed by atoms with Gasteiger partial charge in [-0.2, -0.15) is 12.6 Å². The van der Waals surface area contributed by atoms with E-state index in [0.717, 1.165) is 0 Å². The molecule has 0 unspecified atom stereocenters. The number of carbonyl (C=O) groups is 2. The van der Waals surface area contributed by atoms with Gasteiger partial charge < -0.3 is 19.9 Å². The molecule has 0 aromatic rings. The van der Waals surface area contributed by atoms with Gasteiger partial charge in [0.05, 0.1) is 5.75 Å². The topological polar surface area (TPSA) is 113 Å². The van der Waals surface area contributed by atoms with Gasteiger partial charge in [0, 0.05) is 6.92 Å². The maximum atomic E-state index is 10.1. The minimum atomic E-state index is -0.610. The Morgan fingerprint density at radius 1 is 1.45 bits per heavy atom. The Morgan fingerprint density at radius 2 is 1.82 bits per heavy atom. The van der Waals surface area contributed by atoms with Crippen LogP contribution in [0.25, 0.3) is 0 Å². The molecule has 11 heavy (non-hydrogen) atoms. The molecule has 0 heterocycles. The Kier molecular flexibility index (Phi) is 27.8. The quantitative estimate of drug-likeness (QED) is 0.268. The number of ether oxygens (including phenoxy) is 1. The van der Waals surface area contributed by atoms with Gasteiger partial charge >= 0.3 is 57.4 Å². The molecule has 0 amide bonds. The summed E-state index contributed by atoms with van der Waals surface area (Å²) in [5.74, 6) is -1.26. The van der Waals surface area contributed by atoms with Crippen LogP contribution >= 0.6 is 12.6 Å². The van der Waals surface area contributed by atoms with Crippen molar-refractivity contribution in [2.24, 2.45) is 0 Å². The van der Waals surface area contributed by atoms with Crippen molar-refractivity contribution in [2.45, 2.75) is 6.92 Å². The third kappa shape index (κ3) is 18.1. The zero-order chi connectivity index (χ0) is 6.57. The van der Waals surface area contributed by atoms with Crippen LogP contribution in [0.3, 0.4) is 0 Å². The van der Waals surface area contributed by atoms with Gasteiger partial charge in [0.2, 0.25) is 0 Å². The summed E-state index contributed by atoms with van der Waals surface area (Å²) < 4.78 is 4.05. The Morgan fingerprint density at radius 3 is 1.91 bits per heavy atom. The van der Waals surface area contributed by atoms with E-state index in [9.17, 15) is 9.59 Å². The van der Waals surface area contributed by atoms with Crippen LogP contribution in [0.15, 0.2) is 0 Å². The van der Waals surface area contributed by atoms with Crippen molar-refractivity contribution in [3.63, 3.8) is 0 Å². The summed E-state index contributed by atoms with van der Waals surface area (Å²) in [6, 6.07) is 0. The van der Waals surface area contributed by atoms with E-state index in [0.29, 0.717) is 0 Å². The van der Waals surface area contributed by atoms with Crippen molar-refractivity contribution in [1.29, 1.82) is 0 Å². The summed E-state index contributed by atoms with van der Waals surface area (Å²) in [4.78, 5) is 20.0. The molecule has 0 aromatic heterocycles. The largest absolute Gasteiger partial charge is 2.00 e. The maximum Gasteiger partial charge on any atom is 2.00 e. The van der Waals surface area contributed by atoms with Crippen LogP contribution in [0.1, 0.15) is 9.78 Å². The molecule has 0 saturated heterocycles. The molecule has 0 radical (unpaired) electrons. The van der Waals surface area contributed by atoms with Gasteiger partial charge in [0.1, 0.15) is 0 Å². The predicted octanol–water partition coefficient (Wildman–Crippen LogP) is 0.174. The second-order valence-electron chi connectivity index (χ2n) is 1.12. The van der Waals surface area contributed by atoms with Gasteiger partial charge in [-0.25, -0.2) is 0 Å². The zero-order valence-electron chi connectivity index (χ0n) is 8.50. The first-order valence-electron chi connectivity index (χ1n) is 1.99. The fourth-order valence-corrected chi connectivity index (χ4v) is 0.257. The first kappa shape index (κ1) is 22.7. The molecule has 0 rings (SSSR count). The van der Waals surface area contributed by atoms with Crippen LogP contribution in [0, 0.1) is 0 Å². The van der Waals surface area contributed by atoms with Crippen molar-refractivity contribution in [2.75, 3.05) is 5.75 Å². The number of esters is 2. The molecule has 0 aliphatic rings. The number of hydrogen-bond acceptors (Lipinski definition) is 6. The van der Waals surface area contributed by atoms with E-state index in [-0.39, 0.29) is 66.4 Å². The fourth-order valence-electron chi connectivity index (χ4n) is 0.193. The minimum absolute atomic E-state index is 0. The van der Waals surface area contributed by atoms with Crippen molar-refractivity contribution in [1.82, 2.24) is 12.3 Å². The van der Waals surface area contributed by atoms with Crippen LogP contribution in [-0.2, 0) is 14.3 Å². The third-order valence-electron chi connectivity index (χ3n) is 0.387. The molecular formula is C4H14N2O3SSr.